The number of nitrogens with zero attached hydrogens (tertiary/aromatic N) is 1. The van der Waals surface area contributed by atoms with Gasteiger partial charge in [-0.25, -0.2) is 13.4 Å². The number of nitrogens with one attached hydrogen (secondary N) is 1. The molecule has 1 aromatic carbocycles. The Labute approximate surface area is 133 Å². The number of rotatable bonds is 4. The van der Waals surface area contributed by atoms with E-state index in [2.05, 4.69) is 10.3 Å². The van der Waals surface area contributed by atoms with E-state index in [0.29, 0.717) is 17.3 Å². The third-order valence-corrected chi connectivity index (χ3v) is 7.00. The van der Waals surface area contributed by atoms with Crippen molar-refractivity contribution in [2.24, 2.45) is 0 Å². The Morgan fingerprint density at radius 2 is 2.19 bits per heavy atom. The van der Waals surface area contributed by atoms with Gasteiger partial charge in [-0.3, -0.25) is 0 Å². The summed E-state index contributed by atoms with van der Waals surface area (Å²) < 4.78 is 23.6. The van der Waals surface area contributed by atoms with Crippen LogP contribution in [-0.4, -0.2) is 30.9 Å². The van der Waals surface area contributed by atoms with Gasteiger partial charge in [0.2, 0.25) is 0 Å². The molecule has 0 saturated carbocycles. The summed E-state index contributed by atoms with van der Waals surface area (Å²) in [6.07, 6.45) is 1.50. The maximum Gasteiger partial charge on any atom is 0.183 e. The highest BCUT2D eigenvalue weighted by Gasteiger charge is 2.31. The zero-order valence-corrected chi connectivity index (χ0v) is 13.6. The van der Waals surface area contributed by atoms with E-state index in [9.17, 15) is 8.42 Å². The number of aromatic nitrogens is 1. The average Bonchev–Trinajstić information content (AvgIpc) is 3.03. The van der Waals surface area contributed by atoms with Crippen molar-refractivity contribution >= 4 is 37.9 Å². The SMILES string of the molecule is O=S1(=O)CCC[C@@H]1CNc1nc(-c2ccccc2Cl)cs1. The second-order valence-corrected chi connectivity index (χ2v) is 8.70. The van der Waals surface area contributed by atoms with Gasteiger partial charge in [-0.05, 0) is 18.9 Å². The third-order valence-electron chi connectivity index (χ3n) is 3.60. The van der Waals surface area contributed by atoms with Crippen LogP contribution in [0.1, 0.15) is 12.8 Å². The minimum atomic E-state index is -2.92. The largest absolute Gasteiger partial charge is 0.360 e. The van der Waals surface area contributed by atoms with E-state index < -0.39 is 9.84 Å². The lowest BCUT2D eigenvalue weighted by Gasteiger charge is -2.09. The first-order valence-corrected chi connectivity index (χ1v) is 9.69. The Balaban J connectivity index is 1.70. The molecule has 1 fully saturated rings. The Hall–Kier alpha value is -1.11. The van der Waals surface area contributed by atoms with Gasteiger partial charge in [-0.2, -0.15) is 0 Å². The van der Waals surface area contributed by atoms with Crippen molar-refractivity contribution in [3.63, 3.8) is 0 Å². The summed E-state index contributed by atoms with van der Waals surface area (Å²) >= 11 is 7.61. The van der Waals surface area contributed by atoms with E-state index in [4.69, 9.17) is 11.6 Å². The fourth-order valence-corrected chi connectivity index (χ4v) is 5.15. The molecule has 1 aliphatic heterocycles. The summed E-state index contributed by atoms with van der Waals surface area (Å²) in [6.45, 7) is 0.428. The van der Waals surface area contributed by atoms with Gasteiger partial charge in [0.25, 0.3) is 0 Å². The molecule has 0 amide bonds. The predicted molar refractivity (Wildman–Crippen MR) is 87.9 cm³/mol. The summed E-state index contributed by atoms with van der Waals surface area (Å²) in [5.41, 5.74) is 1.69. The van der Waals surface area contributed by atoms with Crippen LogP contribution < -0.4 is 5.32 Å². The number of hydrogen-bond donors (Lipinski definition) is 1. The number of hydrogen-bond acceptors (Lipinski definition) is 5. The number of sulfone groups is 1. The van der Waals surface area contributed by atoms with E-state index in [-0.39, 0.29) is 5.25 Å². The van der Waals surface area contributed by atoms with Crippen LogP contribution in [0, 0.1) is 0 Å². The topological polar surface area (TPSA) is 59.1 Å². The molecule has 1 aliphatic rings. The first kappa shape index (κ1) is 14.8. The van der Waals surface area contributed by atoms with Gasteiger partial charge in [0, 0.05) is 22.5 Å². The Kier molecular flexibility index (Phi) is 4.19. The molecule has 0 unspecified atom stereocenters. The lowest BCUT2D eigenvalue weighted by molar-refractivity contribution is 0.591. The Morgan fingerprint density at radius 1 is 1.38 bits per heavy atom. The minimum Gasteiger partial charge on any atom is -0.360 e. The number of anilines is 1. The molecule has 0 radical (unpaired) electrons. The molecule has 7 heteroatoms. The van der Waals surface area contributed by atoms with Crippen LogP contribution in [0.2, 0.25) is 5.02 Å². The molecule has 0 aliphatic carbocycles. The lowest BCUT2D eigenvalue weighted by atomic mass is 10.2. The monoisotopic (exact) mass is 342 g/mol. The van der Waals surface area contributed by atoms with Crippen LogP contribution in [0.3, 0.4) is 0 Å². The summed E-state index contributed by atoms with van der Waals surface area (Å²) in [6, 6.07) is 7.54. The van der Waals surface area contributed by atoms with Crippen LogP contribution in [-0.2, 0) is 9.84 Å². The zero-order valence-electron chi connectivity index (χ0n) is 11.3. The molecular formula is C14H15ClN2O2S2. The van der Waals surface area contributed by atoms with Gasteiger partial charge < -0.3 is 5.32 Å². The minimum absolute atomic E-state index is 0.287. The van der Waals surface area contributed by atoms with Crippen molar-refractivity contribution in [3.8, 4) is 11.3 Å². The highest BCUT2D eigenvalue weighted by Crippen LogP contribution is 2.30. The molecule has 0 spiro atoms. The quantitative estimate of drug-likeness (QED) is 0.924. The molecule has 112 valence electrons. The number of halogens is 1. The molecule has 3 rings (SSSR count). The van der Waals surface area contributed by atoms with Crippen molar-refractivity contribution in [3.05, 3.63) is 34.7 Å². The molecule has 1 N–H and O–H groups in total. The summed E-state index contributed by atoms with van der Waals surface area (Å²) in [7, 11) is -2.92. The molecule has 1 aromatic heterocycles. The van der Waals surface area contributed by atoms with Gasteiger partial charge >= 0.3 is 0 Å². The van der Waals surface area contributed by atoms with Crippen LogP contribution in [0.15, 0.2) is 29.6 Å². The predicted octanol–water partition coefficient (Wildman–Crippen LogP) is 3.45. The van der Waals surface area contributed by atoms with Crippen molar-refractivity contribution in [1.82, 2.24) is 4.98 Å². The van der Waals surface area contributed by atoms with Crippen molar-refractivity contribution in [1.29, 1.82) is 0 Å². The second-order valence-electron chi connectivity index (χ2n) is 5.03. The molecular weight excluding hydrogens is 328 g/mol. The van der Waals surface area contributed by atoms with Crippen LogP contribution in [0.4, 0.5) is 5.13 Å². The van der Waals surface area contributed by atoms with E-state index in [1.54, 1.807) is 0 Å². The second kappa shape index (κ2) is 5.94. The van der Waals surface area contributed by atoms with Gasteiger partial charge in [-0.15, -0.1) is 11.3 Å². The zero-order chi connectivity index (χ0) is 14.9. The maximum absolute atomic E-state index is 11.8. The number of thiazole rings is 1. The number of benzene rings is 1. The first-order valence-electron chi connectivity index (χ1n) is 6.72. The fraction of sp³-hybridized carbons (Fsp3) is 0.357. The van der Waals surface area contributed by atoms with Gasteiger partial charge in [0.05, 0.1) is 16.7 Å². The van der Waals surface area contributed by atoms with Crippen LogP contribution >= 0.6 is 22.9 Å². The van der Waals surface area contributed by atoms with Gasteiger partial charge in [0.15, 0.2) is 15.0 Å². The molecule has 2 aromatic rings. The summed E-state index contributed by atoms with van der Waals surface area (Å²) in [5.74, 6) is 0.308. The molecule has 1 saturated heterocycles. The summed E-state index contributed by atoms with van der Waals surface area (Å²) in [4.78, 5) is 4.48. The van der Waals surface area contributed by atoms with Crippen molar-refractivity contribution in [2.45, 2.75) is 18.1 Å². The van der Waals surface area contributed by atoms with Crippen LogP contribution in [0.25, 0.3) is 11.3 Å². The molecule has 21 heavy (non-hydrogen) atoms. The van der Waals surface area contributed by atoms with E-state index in [1.807, 2.05) is 29.6 Å². The van der Waals surface area contributed by atoms with Gasteiger partial charge in [-0.1, -0.05) is 29.8 Å². The maximum atomic E-state index is 11.8. The highest BCUT2D eigenvalue weighted by atomic mass is 35.5. The fourth-order valence-electron chi connectivity index (χ4n) is 2.44. The Morgan fingerprint density at radius 3 is 2.90 bits per heavy atom. The van der Waals surface area contributed by atoms with Gasteiger partial charge in [0.1, 0.15) is 0 Å². The smallest absolute Gasteiger partial charge is 0.183 e. The first-order chi connectivity index (χ1) is 10.1. The van der Waals surface area contributed by atoms with Crippen molar-refractivity contribution in [2.75, 3.05) is 17.6 Å². The Bertz CT molecular complexity index is 743. The average molecular weight is 343 g/mol. The van der Waals surface area contributed by atoms with E-state index in [1.165, 1.54) is 11.3 Å². The van der Waals surface area contributed by atoms with Crippen LogP contribution in [0.5, 0.6) is 0 Å². The van der Waals surface area contributed by atoms with Crippen molar-refractivity contribution < 1.29 is 8.42 Å². The highest BCUT2D eigenvalue weighted by molar-refractivity contribution is 7.92. The molecule has 2 heterocycles. The van der Waals surface area contributed by atoms with E-state index in [0.717, 1.165) is 29.2 Å². The molecule has 1 atom stereocenters. The molecule has 0 bridgehead atoms. The molecule has 4 nitrogen and oxygen atoms in total. The van der Waals surface area contributed by atoms with E-state index >= 15 is 0 Å². The normalized spacial score (nSPS) is 20.5. The standard InChI is InChI=1S/C14H15ClN2O2S2/c15-12-6-2-1-5-11(12)13-9-20-14(17-13)16-8-10-4-3-7-21(10,18)19/h1-2,5-6,9-10H,3-4,7-8H2,(H,16,17)/t10-/m1/s1. The summed E-state index contributed by atoms with van der Waals surface area (Å²) in [5, 5.41) is 6.16. The third kappa shape index (κ3) is 3.22. The lowest BCUT2D eigenvalue weighted by Crippen LogP contribution is -2.24.